The third-order valence-electron chi connectivity index (χ3n) is 4.86. The number of nitrogens with zero attached hydrogens (tertiary/aromatic N) is 1. The molecule has 0 radical (unpaired) electrons. The largest absolute Gasteiger partial charge is 0.330 e. The zero-order valence-corrected chi connectivity index (χ0v) is 11.4. The standard InChI is InChI=1S/C16H19NO2/c1-11(18)17-13-8-9-15(19)14(10-13)16(17,2)12-6-4-3-5-7-12/h3-7,13-14H,8-10H2,1-2H3/t13-,14-,16+/m0/s1. The summed E-state index contributed by atoms with van der Waals surface area (Å²) in [5, 5.41) is 0. The highest BCUT2D eigenvalue weighted by Crippen LogP contribution is 2.50. The van der Waals surface area contributed by atoms with Gasteiger partial charge in [-0.15, -0.1) is 0 Å². The molecule has 2 aliphatic rings. The topological polar surface area (TPSA) is 37.4 Å². The predicted octanol–water partition coefficient (Wildman–Crippen LogP) is 2.50. The van der Waals surface area contributed by atoms with Gasteiger partial charge >= 0.3 is 0 Å². The SMILES string of the molecule is CC(=O)N1[C@H]2CCC(=O)[C@H](C2)[C@@]1(C)c1ccccc1. The van der Waals surface area contributed by atoms with Gasteiger partial charge in [0.15, 0.2) is 0 Å². The van der Waals surface area contributed by atoms with E-state index >= 15 is 0 Å². The second kappa shape index (κ2) is 4.19. The van der Waals surface area contributed by atoms with Crippen molar-refractivity contribution in [3.8, 4) is 0 Å². The average Bonchev–Trinajstić information content (AvgIpc) is 2.66. The van der Waals surface area contributed by atoms with Gasteiger partial charge in [0.1, 0.15) is 5.78 Å². The molecule has 1 aliphatic heterocycles. The number of hydrogen-bond acceptors (Lipinski definition) is 2. The van der Waals surface area contributed by atoms with E-state index in [1.807, 2.05) is 35.2 Å². The second-order valence-electron chi connectivity index (χ2n) is 5.85. The van der Waals surface area contributed by atoms with Gasteiger partial charge in [0.2, 0.25) is 5.91 Å². The van der Waals surface area contributed by atoms with Crippen molar-refractivity contribution >= 4 is 11.7 Å². The molecule has 3 heteroatoms. The number of hydrogen-bond donors (Lipinski definition) is 0. The Bertz CT molecular complexity index is 525. The van der Waals surface area contributed by atoms with Crippen LogP contribution in [0.4, 0.5) is 0 Å². The lowest BCUT2D eigenvalue weighted by Crippen LogP contribution is -2.47. The summed E-state index contributed by atoms with van der Waals surface area (Å²) in [6.45, 7) is 3.67. The van der Waals surface area contributed by atoms with Crippen LogP contribution >= 0.6 is 0 Å². The fourth-order valence-corrected chi connectivity index (χ4v) is 4.03. The first kappa shape index (κ1) is 12.4. The predicted molar refractivity (Wildman–Crippen MR) is 72.5 cm³/mol. The molecule has 19 heavy (non-hydrogen) atoms. The fraction of sp³-hybridized carbons (Fsp3) is 0.500. The van der Waals surface area contributed by atoms with E-state index in [1.54, 1.807) is 6.92 Å². The molecule has 0 spiro atoms. The molecule has 0 N–H and O–H groups in total. The Labute approximate surface area is 113 Å². The quantitative estimate of drug-likeness (QED) is 0.775. The number of carbonyl (C=O) groups is 2. The normalized spacial score (nSPS) is 33.6. The Morgan fingerprint density at radius 2 is 2.00 bits per heavy atom. The van der Waals surface area contributed by atoms with Crippen LogP contribution in [0, 0.1) is 5.92 Å². The average molecular weight is 257 g/mol. The van der Waals surface area contributed by atoms with E-state index in [0.717, 1.165) is 18.4 Å². The van der Waals surface area contributed by atoms with Crippen LogP contribution in [0.3, 0.4) is 0 Å². The molecule has 1 aromatic rings. The van der Waals surface area contributed by atoms with Crippen molar-refractivity contribution in [3.05, 3.63) is 35.9 Å². The second-order valence-corrected chi connectivity index (χ2v) is 5.85. The van der Waals surface area contributed by atoms with E-state index in [-0.39, 0.29) is 17.9 Å². The van der Waals surface area contributed by atoms with E-state index in [4.69, 9.17) is 0 Å². The summed E-state index contributed by atoms with van der Waals surface area (Å²) < 4.78 is 0. The maximum absolute atomic E-state index is 12.3. The summed E-state index contributed by atoms with van der Waals surface area (Å²) in [6.07, 6.45) is 2.25. The van der Waals surface area contributed by atoms with Gasteiger partial charge in [-0.2, -0.15) is 0 Å². The number of fused-ring (bicyclic) bond motifs is 2. The Morgan fingerprint density at radius 1 is 1.32 bits per heavy atom. The molecule has 3 rings (SSSR count). The third-order valence-corrected chi connectivity index (χ3v) is 4.86. The van der Waals surface area contributed by atoms with E-state index in [2.05, 4.69) is 6.92 Å². The summed E-state index contributed by atoms with van der Waals surface area (Å²) in [5.41, 5.74) is 0.610. The molecule has 1 aromatic carbocycles. The van der Waals surface area contributed by atoms with Crippen molar-refractivity contribution in [3.63, 3.8) is 0 Å². The molecule has 1 saturated heterocycles. The molecular weight excluding hydrogens is 238 g/mol. The molecule has 1 heterocycles. The molecule has 1 aliphatic carbocycles. The number of benzene rings is 1. The fourth-order valence-electron chi connectivity index (χ4n) is 4.03. The van der Waals surface area contributed by atoms with Gasteiger partial charge in [-0.25, -0.2) is 0 Å². The summed E-state index contributed by atoms with van der Waals surface area (Å²) in [7, 11) is 0. The van der Waals surface area contributed by atoms with E-state index in [9.17, 15) is 9.59 Å². The minimum Gasteiger partial charge on any atom is -0.330 e. The lowest BCUT2D eigenvalue weighted by Gasteiger charge is -2.39. The molecule has 3 nitrogen and oxygen atoms in total. The lowest BCUT2D eigenvalue weighted by molar-refractivity contribution is -0.136. The van der Waals surface area contributed by atoms with Gasteiger partial charge < -0.3 is 4.90 Å². The molecule has 2 fully saturated rings. The smallest absolute Gasteiger partial charge is 0.220 e. The molecule has 2 bridgehead atoms. The minimum atomic E-state index is -0.467. The summed E-state index contributed by atoms with van der Waals surface area (Å²) in [6, 6.07) is 10.2. The van der Waals surface area contributed by atoms with Gasteiger partial charge in [0, 0.05) is 25.3 Å². The van der Waals surface area contributed by atoms with Crippen molar-refractivity contribution in [1.29, 1.82) is 0 Å². The van der Waals surface area contributed by atoms with Gasteiger partial charge in [-0.3, -0.25) is 9.59 Å². The van der Waals surface area contributed by atoms with Crippen LogP contribution in [0.5, 0.6) is 0 Å². The number of rotatable bonds is 1. The number of likely N-dealkylation sites (tertiary alicyclic amines) is 1. The summed E-state index contributed by atoms with van der Waals surface area (Å²) >= 11 is 0. The maximum atomic E-state index is 12.3. The van der Waals surface area contributed by atoms with Crippen molar-refractivity contribution in [2.75, 3.05) is 0 Å². The van der Waals surface area contributed by atoms with E-state index < -0.39 is 5.54 Å². The van der Waals surface area contributed by atoms with Crippen LogP contribution in [0.2, 0.25) is 0 Å². The highest BCUT2D eigenvalue weighted by Gasteiger charge is 2.56. The van der Waals surface area contributed by atoms with Crippen molar-refractivity contribution in [1.82, 2.24) is 4.90 Å². The van der Waals surface area contributed by atoms with Crippen LogP contribution in [0.25, 0.3) is 0 Å². The maximum Gasteiger partial charge on any atom is 0.220 e. The highest BCUT2D eigenvalue weighted by molar-refractivity contribution is 5.87. The van der Waals surface area contributed by atoms with Crippen LogP contribution in [0.1, 0.15) is 38.7 Å². The Balaban J connectivity index is 2.14. The van der Waals surface area contributed by atoms with Crippen molar-refractivity contribution in [2.24, 2.45) is 5.92 Å². The van der Waals surface area contributed by atoms with Crippen LogP contribution in [-0.4, -0.2) is 22.6 Å². The zero-order chi connectivity index (χ0) is 13.6. The van der Waals surface area contributed by atoms with Crippen molar-refractivity contribution in [2.45, 2.75) is 44.7 Å². The van der Waals surface area contributed by atoms with Crippen molar-refractivity contribution < 1.29 is 9.59 Å². The molecule has 3 atom stereocenters. The molecule has 1 saturated carbocycles. The van der Waals surface area contributed by atoms with E-state index in [0.29, 0.717) is 12.2 Å². The van der Waals surface area contributed by atoms with E-state index in [1.165, 1.54) is 0 Å². The van der Waals surface area contributed by atoms with Crippen LogP contribution in [-0.2, 0) is 15.1 Å². The first-order valence-electron chi connectivity index (χ1n) is 6.93. The summed E-state index contributed by atoms with van der Waals surface area (Å²) in [4.78, 5) is 26.3. The van der Waals surface area contributed by atoms with Crippen LogP contribution < -0.4 is 0 Å². The zero-order valence-electron chi connectivity index (χ0n) is 11.4. The summed E-state index contributed by atoms with van der Waals surface area (Å²) in [5.74, 6) is 0.345. The molecular formula is C16H19NO2. The minimum absolute atomic E-state index is 0.0439. The first-order chi connectivity index (χ1) is 9.05. The van der Waals surface area contributed by atoms with Crippen LogP contribution in [0.15, 0.2) is 30.3 Å². The Morgan fingerprint density at radius 3 is 2.63 bits per heavy atom. The number of amides is 1. The number of ketones is 1. The van der Waals surface area contributed by atoms with Gasteiger partial charge in [0.05, 0.1) is 5.54 Å². The first-order valence-corrected chi connectivity index (χ1v) is 6.93. The molecule has 1 amide bonds. The number of Topliss-reactive ketones (excluding diaryl/α,β-unsaturated/α-hetero) is 1. The third kappa shape index (κ3) is 1.64. The van der Waals surface area contributed by atoms with Gasteiger partial charge in [-0.1, -0.05) is 30.3 Å². The molecule has 100 valence electrons. The highest BCUT2D eigenvalue weighted by atomic mass is 16.2. The lowest BCUT2D eigenvalue weighted by atomic mass is 9.75. The molecule has 0 aromatic heterocycles. The monoisotopic (exact) mass is 257 g/mol. The number of carbonyl (C=O) groups excluding carboxylic acids is 2. The molecule has 0 unspecified atom stereocenters. The van der Waals surface area contributed by atoms with Gasteiger partial charge in [-0.05, 0) is 25.3 Å². The van der Waals surface area contributed by atoms with Gasteiger partial charge in [0.25, 0.3) is 0 Å². The Kier molecular flexibility index (Phi) is 2.73. The Hall–Kier alpha value is -1.64.